The van der Waals surface area contributed by atoms with Crippen molar-refractivity contribution >= 4 is 23.3 Å². The van der Waals surface area contributed by atoms with Crippen LogP contribution in [0.5, 0.6) is 5.75 Å². The molecule has 0 spiro atoms. The van der Waals surface area contributed by atoms with Crippen LogP contribution in [-0.4, -0.2) is 54.6 Å². The van der Waals surface area contributed by atoms with Gasteiger partial charge >= 0.3 is 11.9 Å². The van der Waals surface area contributed by atoms with Crippen molar-refractivity contribution in [3.8, 4) is 5.75 Å². The Morgan fingerprint density at radius 2 is 1.79 bits per heavy atom. The van der Waals surface area contributed by atoms with Gasteiger partial charge in [-0.15, -0.1) is 0 Å². The van der Waals surface area contributed by atoms with Gasteiger partial charge in [0.15, 0.2) is 0 Å². The van der Waals surface area contributed by atoms with E-state index in [1.165, 1.54) is 30.9 Å². The predicted molar refractivity (Wildman–Crippen MR) is 145 cm³/mol. The van der Waals surface area contributed by atoms with Crippen molar-refractivity contribution in [2.75, 3.05) is 26.9 Å². The Morgan fingerprint density at radius 1 is 1.05 bits per heavy atom. The second-order valence-corrected chi connectivity index (χ2v) is 9.25. The zero-order chi connectivity index (χ0) is 28.4. The number of methoxy groups -OCH3 is 1. The van der Waals surface area contributed by atoms with Crippen molar-refractivity contribution in [3.63, 3.8) is 0 Å². The van der Waals surface area contributed by atoms with Crippen LogP contribution in [0.15, 0.2) is 64.8 Å². The van der Waals surface area contributed by atoms with Gasteiger partial charge in [0.05, 0.1) is 30.8 Å². The fourth-order valence-electron chi connectivity index (χ4n) is 4.61. The van der Waals surface area contributed by atoms with E-state index in [9.17, 15) is 19.7 Å². The summed E-state index contributed by atoms with van der Waals surface area (Å²) in [5.41, 5.74) is 2.42. The number of aliphatic imine (C=N–C) groups is 1. The van der Waals surface area contributed by atoms with Crippen molar-refractivity contribution < 1.29 is 33.8 Å². The number of aliphatic hydroxyl groups is 1. The second-order valence-electron chi connectivity index (χ2n) is 9.25. The Morgan fingerprint density at radius 3 is 2.46 bits per heavy atom. The molecular formula is C29H34N2O8. The number of non-ortho nitro benzene ring substituents is 1. The number of aryl methyl sites for hydroxylation is 1. The van der Waals surface area contributed by atoms with Gasteiger partial charge in [-0.2, -0.15) is 0 Å². The third-order valence-electron chi connectivity index (χ3n) is 6.53. The Hall–Kier alpha value is -4.05. The van der Waals surface area contributed by atoms with Gasteiger partial charge in [0.2, 0.25) is 0 Å². The molecule has 1 heterocycles. The molecule has 2 aromatic carbocycles. The number of allylic oxidation sites excluding steroid dienone is 1. The van der Waals surface area contributed by atoms with Crippen molar-refractivity contribution in [2.45, 2.75) is 45.4 Å². The number of rotatable bonds is 13. The standard InChI is InChI=1S/C29H34N2O8/c1-19-25(28(33)37-3)27(22-9-6-10-23(18-22)31(35)36)26(20(2)30-19)29(34)39-17-7-16-38-24-13-11-21(12-14-24)8-4-5-15-32/h6,9-14,18,25,27,32H,4-5,7-8,15-17H2,1-3H3. The average Bonchev–Trinajstić information content (AvgIpc) is 2.93. The fourth-order valence-corrected chi connectivity index (χ4v) is 4.61. The van der Waals surface area contributed by atoms with E-state index in [0.717, 1.165) is 19.3 Å². The molecule has 2 aromatic rings. The summed E-state index contributed by atoms with van der Waals surface area (Å²) in [6.45, 7) is 3.90. The Bertz CT molecular complexity index is 1240. The predicted octanol–water partition coefficient (Wildman–Crippen LogP) is 4.54. The number of hydrogen-bond donors (Lipinski definition) is 1. The lowest BCUT2D eigenvalue weighted by Gasteiger charge is -2.31. The van der Waals surface area contributed by atoms with Gasteiger partial charge in [-0.25, -0.2) is 4.79 Å². The normalized spacial score (nSPS) is 16.9. The summed E-state index contributed by atoms with van der Waals surface area (Å²) in [5, 5.41) is 20.3. The van der Waals surface area contributed by atoms with Crippen molar-refractivity contribution in [2.24, 2.45) is 10.9 Å². The molecule has 0 saturated carbocycles. The molecule has 1 N–H and O–H groups in total. The maximum absolute atomic E-state index is 13.3. The van der Waals surface area contributed by atoms with Crippen LogP contribution in [0.4, 0.5) is 5.69 Å². The van der Waals surface area contributed by atoms with Crippen molar-refractivity contribution in [1.82, 2.24) is 0 Å². The second kappa shape index (κ2) is 14.2. The third-order valence-corrected chi connectivity index (χ3v) is 6.53. The number of benzene rings is 2. The van der Waals surface area contributed by atoms with Gasteiger partial charge in [0.25, 0.3) is 5.69 Å². The number of nitro benzene ring substituents is 1. The van der Waals surface area contributed by atoms with Gasteiger partial charge < -0.3 is 19.3 Å². The highest BCUT2D eigenvalue weighted by molar-refractivity contribution is 6.07. The molecule has 0 aromatic heterocycles. The molecule has 2 unspecified atom stereocenters. The molecule has 0 aliphatic carbocycles. The SMILES string of the molecule is COC(=O)C1C(C)=NC(C)=C(C(=O)OCCCOc2ccc(CCCCO)cc2)C1c1cccc([N+](=O)[O-])c1. The summed E-state index contributed by atoms with van der Waals surface area (Å²) < 4.78 is 16.3. The van der Waals surface area contributed by atoms with Crippen LogP contribution in [-0.2, 0) is 25.5 Å². The first kappa shape index (κ1) is 29.5. The topological polar surface area (TPSA) is 138 Å². The molecule has 0 amide bonds. The first-order chi connectivity index (χ1) is 18.8. The van der Waals surface area contributed by atoms with E-state index < -0.39 is 28.7 Å². The van der Waals surface area contributed by atoms with Crippen LogP contribution >= 0.6 is 0 Å². The Kier molecular flexibility index (Phi) is 10.7. The number of nitrogens with zero attached hydrogens (tertiary/aromatic N) is 2. The van der Waals surface area contributed by atoms with Crippen LogP contribution in [0.2, 0.25) is 0 Å². The van der Waals surface area contributed by atoms with E-state index in [1.54, 1.807) is 19.9 Å². The lowest BCUT2D eigenvalue weighted by Crippen LogP contribution is -2.36. The summed E-state index contributed by atoms with van der Waals surface area (Å²) in [5.74, 6) is -2.33. The molecule has 10 nitrogen and oxygen atoms in total. The van der Waals surface area contributed by atoms with Crippen molar-refractivity contribution in [3.05, 3.63) is 81.0 Å². The largest absolute Gasteiger partial charge is 0.493 e. The number of carbonyl (C=O) groups is 2. The maximum Gasteiger partial charge on any atom is 0.336 e. The zero-order valence-corrected chi connectivity index (χ0v) is 22.4. The summed E-state index contributed by atoms with van der Waals surface area (Å²) in [4.78, 5) is 41.3. The van der Waals surface area contributed by atoms with Gasteiger partial charge in [-0.1, -0.05) is 24.3 Å². The Balaban J connectivity index is 1.67. The molecule has 208 valence electrons. The third kappa shape index (κ3) is 7.73. The molecule has 0 radical (unpaired) electrons. The lowest BCUT2D eigenvalue weighted by molar-refractivity contribution is -0.384. The first-order valence-electron chi connectivity index (χ1n) is 12.8. The van der Waals surface area contributed by atoms with E-state index in [-0.39, 0.29) is 24.5 Å². The number of nitro groups is 1. The van der Waals surface area contributed by atoms with E-state index >= 15 is 0 Å². The Labute approximate surface area is 227 Å². The van der Waals surface area contributed by atoms with E-state index in [4.69, 9.17) is 19.3 Å². The van der Waals surface area contributed by atoms with Crippen LogP contribution in [0, 0.1) is 16.0 Å². The quantitative estimate of drug-likeness (QED) is 0.170. The van der Waals surface area contributed by atoms with Gasteiger partial charge in [-0.05, 0) is 56.4 Å². The maximum atomic E-state index is 13.3. The number of hydrogen-bond acceptors (Lipinski definition) is 9. The van der Waals surface area contributed by atoms with E-state index in [0.29, 0.717) is 35.7 Å². The van der Waals surface area contributed by atoms with E-state index in [1.807, 2.05) is 24.3 Å². The minimum Gasteiger partial charge on any atom is -0.493 e. The molecule has 1 aliphatic heterocycles. The van der Waals surface area contributed by atoms with Crippen LogP contribution < -0.4 is 4.74 Å². The summed E-state index contributed by atoms with van der Waals surface area (Å²) in [6.07, 6.45) is 3.02. The molecule has 1 aliphatic rings. The summed E-state index contributed by atoms with van der Waals surface area (Å²) in [7, 11) is 1.24. The zero-order valence-electron chi connectivity index (χ0n) is 22.4. The average molecular weight is 539 g/mol. The summed E-state index contributed by atoms with van der Waals surface area (Å²) >= 11 is 0. The highest BCUT2D eigenvalue weighted by Crippen LogP contribution is 2.40. The van der Waals surface area contributed by atoms with Crippen LogP contribution in [0.1, 0.15) is 50.2 Å². The molecule has 0 bridgehead atoms. The fraction of sp³-hybridized carbons (Fsp3) is 0.414. The molecule has 39 heavy (non-hydrogen) atoms. The van der Waals surface area contributed by atoms with Crippen LogP contribution in [0.25, 0.3) is 0 Å². The molecule has 2 atom stereocenters. The van der Waals surface area contributed by atoms with Gasteiger partial charge in [-0.3, -0.25) is 19.9 Å². The van der Waals surface area contributed by atoms with Gasteiger partial charge in [0, 0.05) is 42.5 Å². The smallest absolute Gasteiger partial charge is 0.336 e. The molecular weight excluding hydrogens is 504 g/mol. The molecule has 0 saturated heterocycles. The number of unbranched alkanes of at least 4 members (excludes halogenated alkanes) is 1. The lowest BCUT2D eigenvalue weighted by atomic mass is 9.75. The monoisotopic (exact) mass is 538 g/mol. The van der Waals surface area contributed by atoms with Crippen molar-refractivity contribution in [1.29, 1.82) is 0 Å². The van der Waals surface area contributed by atoms with Crippen LogP contribution in [0.3, 0.4) is 0 Å². The first-order valence-corrected chi connectivity index (χ1v) is 12.8. The van der Waals surface area contributed by atoms with E-state index in [2.05, 4.69) is 4.99 Å². The summed E-state index contributed by atoms with van der Waals surface area (Å²) in [6, 6.07) is 13.6. The van der Waals surface area contributed by atoms with Gasteiger partial charge in [0.1, 0.15) is 11.7 Å². The number of aliphatic hydroxyl groups excluding tert-OH is 1. The highest BCUT2D eigenvalue weighted by Gasteiger charge is 2.42. The number of esters is 2. The highest BCUT2D eigenvalue weighted by atomic mass is 16.6. The molecule has 3 rings (SSSR count). The number of carbonyl (C=O) groups excluding carboxylic acids is 2. The minimum atomic E-state index is -0.932. The molecule has 10 heteroatoms. The molecule has 0 fully saturated rings. The number of ether oxygens (including phenoxy) is 3. The minimum absolute atomic E-state index is 0.0715.